The second kappa shape index (κ2) is 3.43. The van der Waals surface area contributed by atoms with Crippen molar-refractivity contribution in [2.45, 2.75) is 5.51 Å². The van der Waals surface area contributed by atoms with Gasteiger partial charge in [-0.05, 0) is 0 Å². The average molecular weight is 199 g/mol. The van der Waals surface area contributed by atoms with Crippen LogP contribution in [0.5, 0.6) is 0 Å². The van der Waals surface area contributed by atoms with Crippen molar-refractivity contribution in [2.24, 2.45) is 0 Å². The van der Waals surface area contributed by atoms with Gasteiger partial charge >= 0.3 is 5.51 Å². The number of rotatable bonds is 1. The molecule has 0 aliphatic carbocycles. The summed E-state index contributed by atoms with van der Waals surface area (Å²) in [6, 6.07) is 0. The molecular formula is C3ClF5S. The number of halogens is 6. The van der Waals surface area contributed by atoms with Crippen molar-refractivity contribution in [3.8, 4) is 0 Å². The lowest BCUT2D eigenvalue weighted by Gasteiger charge is -2.01. The Bertz CT molecular complexity index is 145. The second-order valence-electron chi connectivity index (χ2n) is 1.08. The number of alkyl halides is 3. The highest BCUT2D eigenvalue weighted by Gasteiger charge is 2.31. The van der Waals surface area contributed by atoms with E-state index < -0.39 is 27.7 Å². The highest BCUT2D eigenvalue weighted by Crippen LogP contribution is 2.40. The van der Waals surface area contributed by atoms with E-state index in [1.165, 1.54) is 0 Å². The molecule has 0 bridgehead atoms. The SMILES string of the molecule is FC(F)=C(Cl)SC(F)(F)F. The average Bonchev–Trinajstić information content (AvgIpc) is 1.60. The maximum atomic E-state index is 11.2. The third-order valence-electron chi connectivity index (χ3n) is 0.354. The molecule has 0 N–H and O–H groups in total. The fourth-order valence-electron chi connectivity index (χ4n) is 0.140. The summed E-state index contributed by atoms with van der Waals surface area (Å²) in [4.78, 5) is 0. The summed E-state index contributed by atoms with van der Waals surface area (Å²) in [5.41, 5.74) is -4.75. The molecule has 0 spiro atoms. The minimum absolute atomic E-state index is 1.04. The summed E-state index contributed by atoms with van der Waals surface area (Å²) in [5.74, 6) is 0. The second-order valence-corrected chi connectivity index (χ2v) is 2.76. The predicted octanol–water partition coefficient (Wildman–Crippen LogP) is 3.54. The van der Waals surface area contributed by atoms with Crippen LogP contribution in [0, 0.1) is 0 Å². The van der Waals surface area contributed by atoms with E-state index in [-0.39, 0.29) is 0 Å². The Balaban J connectivity index is 4.06. The van der Waals surface area contributed by atoms with E-state index in [1.54, 1.807) is 0 Å². The number of thioether (sulfide) groups is 1. The standard InChI is InChI=1S/C3ClF5S/c4-1(2(5)6)10-3(7,8)9. The van der Waals surface area contributed by atoms with Gasteiger partial charge in [-0.15, -0.1) is 0 Å². The lowest BCUT2D eigenvalue weighted by molar-refractivity contribution is -0.0321. The summed E-state index contributed by atoms with van der Waals surface area (Å²) in [5, 5.41) is 0. The lowest BCUT2D eigenvalue weighted by Crippen LogP contribution is -1.98. The predicted molar refractivity (Wildman–Crippen MR) is 28.7 cm³/mol. The monoisotopic (exact) mass is 198 g/mol. The third kappa shape index (κ3) is 4.87. The van der Waals surface area contributed by atoms with Gasteiger partial charge in [-0.3, -0.25) is 0 Å². The number of hydrogen-bond donors (Lipinski definition) is 0. The highest BCUT2D eigenvalue weighted by molar-refractivity contribution is 8.05. The molecule has 0 heterocycles. The van der Waals surface area contributed by atoms with E-state index in [0.717, 1.165) is 0 Å². The van der Waals surface area contributed by atoms with Crippen LogP contribution >= 0.6 is 23.4 Å². The normalized spacial score (nSPS) is 11.4. The van der Waals surface area contributed by atoms with Gasteiger partial charge in [-0.1, -0.05) is 11.6 Å². The molecular weight excluding hydrogens is 199 g/mol. The van der Waals surface area contributed by atoms with E-state index in [2.05, 4.69) is 11.6 Å². The maximum absolute atomic E-state index is 11.2. The summed E-state index contributed by atoms with van der Waals surface area (Å²) >= 11 is 3.43. The van der Waals surface area contributed by atoms with Gasteiger partial charge in [0.2, 0.25) is 0 Å². The Labute approximate surface area is 62.0 Å². The zero-order valence-corrected chi connectivity index (χ0v) is 5.75. The molecule has 0 saturated heterocycles. The van der Waals surface area contributed by atoms with Crippen molar-refractivity contribution in [3.05, 3.63) is 10.4 Å². The van der Waals surface area contributed by atoms with Gasteiger partial charge in [-0.25, -0.2) is 0 Å². The maximum Gasteiger partial charge on any atom is 0.447 e. The summed E-state index contributed by atoms with van der Waals surface area (Å²) in [6.45, 7) is 0. The lowest BCUT2D eigenvalue weighted by atomic mass is 11.1. The minimum Gasteiger partial charge on any atom is -0.171 e. The van der Waals surface area contributed by atoms with Gasteiger partial charge in [0.15, 0.2) is 0 Å². The molecule has 0 aromatic carbocycles. The van der Waals surface area contributed by atoms with Crippen molar-refractivity contribution < 1.29 is 22.0 Å². The van der Waals surface area contributed by atoms with Crippen molar-refractivity contribution >= 4 is 23.4 Å². The molecule has 60 valence electrons. The van der Waals surface area contributed by atoms with Crippen molar-refractivity contribution in [1.29, 1.82) is 0 Å². The molecule has 0 rings (SSSR count). The van der Waals surface area contributed by atoms with Crippen LogP contribution in [0.1, 0.15) is 0 Å². The first-order valence-corrected chi connectivity index (χ1v) is 2.99. The van der Waals surface area contributed by atoms with Crippen LogP contribution in [0.15, 0.2) is 10.4 Å². The molecule has 0 radical (unpaired) electrons. The largest absolute Gasteiger partial charge is 0.447 e. The Kier molecular flexibility index (Phi) is 3.44. The molecule has 0 saturated carbocycles. The van der Waals surface area contributed by atoms with Gasteiger partial charge < -0.3 is 0 Å². The van der Waals surface area contributed by atoms with Gasteiger partial charge in [0.05, 0.1) is 0 Å². The van der Waals surface area contributed by atoms with Gasteiger partial charge in [0.1, 0.15) is 4.36 Å². The van der Waals surface area contributed by atoms with Gasteiger partial charge in [0.25, 0.3) is 6.08 Å². The van der Waals surface area contributed by atoms with Crippen LogP contribution in [0.3, 0.4) is 0 Å². The molecule has 0 fully saturated rings. The first-order valence-electron chi connectivity index (χ1n) is 1.79. The Morgan fingerprint density at radius 3 is 1.70 bits per heavy atom. The summed E-state index contributed by atoms with van der Waals surface area (Å²) < 4.78 is 54.4. The van der Waals surface area contributed by atoms with Crippen LogP contribution < -0.4 is 0 Å². The van der Waals surface area contributed by atoms with E-state index in [0.29, 0.717) is 0 Å². The summed E-state index contributed by atoms with van der Waals surface area (Å²) in [7, 11) is 0. The molecule has 7 heteroatoms. The van der Waals surface area contributed by atoms with Gasteiger partial charge in [0, 0.05) is 11.8 Å². The van der Waals surface area contributed by atoms with Crippen LogP contribution in [-0.4, -0.2) is 5.51 Å². The Morgan fingerprint density at radius 2 is 1.60 bits per heavy atom. The Morgan fingerprint density at radius 1 is 1.20 bits per heavy atom. The van der Waals surface area contributed by atoms with E-state index in [1.807, 2.05) is 0 Å². The molecule has 0 nitrogen and oxygen atoms in total. The van der Waals surface area contributed by atoms with Crippen LogP contribution in [-0.2, 0) is 0 Å². The molecule has 0 unspecified atom stereocenters. The molecule has 0 amide bonds. The molecule has 0 atom stereocenters. The minimum atomic E-state index is -4.75. The Hall–Kier alpha value is 0.0300. The third-order valence-corrected chi connectivity index (χ3v) is 1.29. The fraction of sp³-hybridized carbons (Fsp3) is 0.333. The fourth-order valence-corrected chi connectivity index (χ4v) is 0.683. The molecule has 10 heavy (non-hydrogen) atoms. The topological polar surface area (TPSA) is 0 Å². The van der Waals surface area contributed by atoms with E-state index in [4.69, 9.17) is 0 Å². The smallest absolute Gasteiger partial charge is 0.171 e. The summed E-state index contributed by atoms with van der Waals surface area (Å²) in [6.07, 6.45) is -2.52. The van der Waals surface area contributed by atoms with E-state index >= 15 is 0 Å². The van der Waals surface area contributed by atoms with Crippen molar-refractivity contribution in [2.75, 3.05) is 0 Å². The number of hydrogen-bond acceptors (Lipinski definition) is 1. The zero-order valence-electron chi connectivity index (χ0n) is 4.18. The van der Waals surface area contributed by atoms with Gasteiger partial charge in [-0.2, -0.15) is 22.0 Å². The zero-order chi connectivity index (χ0) is 8.36. The van der Waals surface area contributed by atoms with E-state index in [9.17, 15) is 22.0 Å². The molecule has 0 aliphatic heterocycles. The molecule has 0 aromatic heterocycles. The first-order chi connectivity index (χ1) is 4.33. The van der Waals surface area contributed by atoms with Crippen LogP contribution in [0.4, 0.5) is 22.0 Å². The van der Waals surface area contributed by atoms with Crippen molar-refractivity contribution in [1.82, 2.24) is 0 Å². The van der Waals surface area contributed by atoms with Crippen LogP contribution in [0.25, 0.3) is 0 Å². The van der Waals surface area contributed by atoms with Crippen LogP contribution in [0.2, 0.25) is 0 Å². The molecule has 0 aromatic rings. The van der Waals surface area contributed by atoms with Crippen molar-refractivity contribution in [3.63, 3.8) is 0 Å². The molecule has 0 aliphatic rings. The quantitative estimate of drug-likeness (QED) is 0.581. The first kappa shape index (κ1) is 10.0. The highest BCUT2D eigenvalue weighted by atomic mass is 35.5.